The first kappa shape index (κ1) is 11.7. The summed E-state index contributed by atoms with van der Waals surface area (Å²) in [5.41, 5.74) is 3.91. The van der Waals surface area contributed by atoms with Gasteiger partial charge in [-0.1, -0.05) is 29.8 Å². The van der Waals surface area contributed by atoms with E-state index in [0.29, 0.717) is 17.6 Å². The highest BCUT2D eigenvalue weighted by atomic mass is 16.1. The van der Waals surface area contributed by atoms with Crippen molar-refractivity contribution in [2.24, 2.45) is 0 Å². The number of nitrogens with zero attached hydrogens (tertiary/aromatic N) is 2. The van der Waals surface area contributed by atoms with E-state index in [-0.39, 0.29) is 5.56 Å². The van der Waals surface area contributed by atoms with Gasteiger partial charge < -0.3 is 4.98 Å². The smallest absolute Gasteiger partial charge is 0.263 e. The molecule has 0 saturated heterocycles. The molecule has 0 radical (unpaired) electrons. The zero-order valence-electron chi connectivity index (χ0n) is 11.0. The van der Waals surface area contributed by atoms with E-state index in [4.69, 9.17) is 0 Å². The van der Waals surface area contributed by atoms with Crippen LogP contribution in [-0.4, -0.2) is 14.5 Å². The van der Waals surface area contributed by atoms with Crippen LogP contribution in [0.15, 0.2) is 41.5 Å². The lowest BCUT2D eigenvalue weighted by molar-refractivity contribution is 0.747. The molecule has 19 heavy (non-hydrogen) atoms. The number of H-pyrrole nitrogens is 1. The van der Waals surface area contributed by atoms with E-state index in [0.717, 1.165) is 11.3 Å². The number of benzene rings is 1. The highest BCUT2D eigenvalue weighted by Crippen LogP contribution is 2.09. The molecule has 0 unspecified atom stereocenters. The van der Waals surface area contributed by atoms with Gasteiger partial charge >= 0.3 is 0 Å². The summed E-state index contributed by atoms with van der Waals surface area (Å²) in [5.74, 6) is 0. The van der Waals surface area contributed by atoms with Crippen LogP contribution in [-0.2, 0) is 6.54 Å². The van der Waals surface area contributed by atoms with Gasteiger partial charge in [-0.2, -0.15) is 0 Å². The molecule has 1 N–H and O–H groups in total. The number of aryl methyl sites for hydroxylation is 2. The standard InChI is InChI=1S/C15H15N3O/c1-10-3-5-12(6-4-10)8-18-9-16-14-13(15(18)19)7-11(2)17-14/h3-7,9,17H,8H2,1-2H3. The third kappa shape index (κ3) is 2.17. The molecular formula is C15H15N3O. The van der Waals surface area contributed by atoms with Crippen LogP contribution in [0, 0.1) is 13.8 Å². The van der Waals surface area contributed by atoms with Crippen LogP contribution in [0.5, 0.6) is 0 Å². The van der Waals surface area contributed by atoms with Gasteiger partial charge in [0.25, 0.3) is 5.56 Å². The minimum atomic E-state index is -0.00470. The highest BCUT2D eigenvalue weighted by molar-refractivity contribution is 5.75. The number of rotatable bonds is 2. The molecule has 0 aliphatic heterocycles. The minimum Gasteiger partial charge on any atom is -0.343 e. The fraction of sp³-hybridized carbons (Fsp3) is 0.200. The molecule has 4 heteroatoms. The van der Waals surface area contributed by atoms with Crippen LogP contribution in [0.25, 0.3) is 11.0 Å². The van der Waals surface area contributed by atoms with Gasteiger partial charge in [0.2, 0.25) is 0 Å². The van der Waals surface area contributed by atoms with Gasteiger partial charge in [0.15, 0.2) is 0 Å². The molecule has 0 aliphatic carbocycles. The molecular weight excluding hydrogens is 238 g/mol. The molecule has 0 spiro atoms. The number of aromatic amines is 1. The van der Waals surface area contributed by atoms with E-state index in [1.54, 1.807) is 10.9 Å². The lowest BCUT2D eigenvalue weighted by Crippen LogP contribution is -2.20. The van der Waals surface area contributed by atoms with Crippen LogP contribution in [0.4, 0.5) is 0 Å². The number of nitrogens with one attached hydrogen (secondary N) is 1. The number of hydrogen-bond donors (Lipinski definition) is 1. The van der Waals surface area contributed by atoms with Gasteiger partial charge in [-0.15, -0.1) is 0 Å². The van der Waals surface area contributed by atoms with Crippen molar-refractivity contribution in [2.75, 3.05) is 0 Å². The molecule has 96 valence electrons. The van der Waals surface area contributed by atoms with Gasteiger partial charge in [-0.25, -0.2) is 4.98 Å². The monoisotopic (exact) mass is 253 g/mol. The quantitative estimate of drug-likeness (QED) is 0.762. The van der Waals surface area contributed by atoms with Gasteiger partial charge in [-0.05, 0) is 25.5 Å². The average molecular weight is 253 g/mol. The fourth-order valence-corrected chi connectivity index (χ4v) is 2.18. The first-order chi connectivity index (χ1) is 9.13. The molecule has 3 rings (SSSR count). The van der Waals surface area contributed by atoms with E-state index in [1.807, 2.05) is 44.2 Å². The molecule has 0 atom stereocenters. The summed E-state index contributed by atoms with van der Waals surface area (Å²) in [6.07, 6.45) is 1.60. The lowest BCUT2D eigenvalue weighted by Gasteiger charge is -2.05. The maximum absolute atomic E-state index is 12.3. The van der Waals surface area contributed by atoms with Gasteiger partial charge in [-0.3, -0.25) is 9.36 Å². The Morgan fingerprint density at radius 3 is 2.68 bits per heavy atom. The molecule has 4 nitrogen and oxygen atoms in total. The molecule has 0 fully saturated rings. The summed E-state index contributed by atoms with van der Waals surface area (Å²) in [5, 5.41) is 0.645. The van der Waals surface area contributed by atoms with Crippen molar-refractivity contribution in [3.8, 4) is 0 Å². The van der Waals surface area contributed by atoms with Crippen molar-refractivity contribution in [3.63, 3.8) is 0 Å². The van der Waals surface area contributed by atoms with Gasteiger partial charge in [0.1, 0.15) is 12.0 Å². The first-order valence-electron chi connectivity index (χ1n) is 6.24. The van der Waals surface area contributed by atoms with Gasteiger partial charge in [0.05, 0.1) is 11.9 Å². The van der Waals surface area contributed by atoms with Crippen molar-refractivity contribution in [3.05, 3.63) is 63.8 Å². The van der Waals surface area contributed by atoms with Gasteiger partial charge in [0, 0.05) is 5.69 Å². The summed E-state index contributed by atoms with van der Waals surface area (Å²) in [7, 11) is 0. The summed E-state index contributed by atoms with van der Waals surface area (Å²) in [6, 6.07) is 10.0. The second-order valence-corrected chi connectivity index (χ2v) is 4.88. The Hall–Kier alpha value is -2.36. The molecule has 1 aromatic carbocycles. The van der Waals surface area contributed by atoms with Crippen LogP contribution >= 0.6 is 0 Å². The van der Waals surface area contributed by atoms with Crippen molar-refractivity contribution in [1.82, 2.24) is 14.5 Å². The van der Waals surface area contributed by atoms with Crippen molar-refractivity contribution >= 4 is 11.0 Å². The summed E-state index contributed by atoms with van der Waals surface area (Å²) in [6.45, 7) is 4.52. The largest absolute Gasteiger partial charge is 0.343 e. The summed E-state index contributed by atoms with van der Waals surface area (Å²) in [4.78, 5) is 19.7. The topological polar surface area (TPSA) is 50.7 Å². The predicted molar refractivity (Wildman–Crippen MR) is 75.4 cm³/mol. The second kappa shape index (κ2) is 4.39. The second-order valence-electron chi connectivity index (χ2n) is 4.88. The zero-order chi connectivity index (χ0) is 13.4. The maximum atomic E-state index is 12.3. The Labute approximate surface area is 110 Å². The molecule has 0 bridgehead atoms. The SMILES string of the molecule is Cc1ccc(Cn2cnc3[nH]c(C)cc3c2=O)cc1. The van der Waals surface area contributed by atoms with E-state index in [1.165, 1.54) is 5.56 Å². The molecule has 3 aromatic rings. The molecule has 2 heterocycles. The molecule has 0 aliphatic rings. The Morgan fingerprint density at radius 1 is 1.21 bits per heavy atom. The summed E-state index contributed by atoms with van der Waals surface area (Å²) >= 11 is 0. The van der Waals surface area contributed by atoms with E-state index >= 15 is 0 Å². The predicted octanol–water partition coefficient (Wildman–Crippen LogP) is 2.39. The average Bonchev–Trinajstić information content (AvgIpc) is 2.77. The Kier molecular flexibility index (Phi) is 2.71. The van der Waals surface area contributed by atoms with Crippen LogP contribution in [0.1, 0.15) is 16.8 Å². The normalized spacial score (nSPS) is 11.1. The Morgan fingerprint density at radius 2 is 1.95 bits per heavy atom. The third-order valence-corrected chi connectivity index (χ3v) is 3.22. The summed E-state index contributed by atoms with van der Waals surface area (Å²) < 4.78 is 1.64. The Balaban J connectivity index is 2.03. The lowest BCUT2D eigenvalue weighted by atomic mass is 10.1. The van der Waals surface area contributed by atoms with Crippen molar-refractivity contribution in [2.45, 2.75) is 20.4 Å². The van der Waals surface area contributed by atoms with Crippen molar-refractivity contribution in [1.29, 1.82) is 0 Å². The highest BCUT2D eigenvalue weighted by Gasteiger charge is 2.06. The maximum Gasteiger partial charge on any atom is 0.263 e. The number of aromatic nitrogens is 3. The number of fused-ring (bicyclic) bond motifs is 1. The first-order valence-corrected chi connectivity index (χ1v) is 6.24. The third-order valence-electron chi connectivity index (χ3n) is 3.22. The molecule has 2 aromatic heterocycles. The van der Waals surface area contributed by atoms with Crippen LogP contribution in [0.3, 0.4) is 0 Å². The van der Waals surface area contributed by atoms with E-state index < -0.39 is 0 Å². The zero-order valence-corrected chi connectivity index (χ0v) is 11.0. The minimum absolute atomic E-state index is 0.00470. The van der Waals surface area contributed by atoms with Crippen LogP contribution in [0.2, 0.25) is 0 Å². The number of hydrogen-bond acceptors (Lipinski definition) is 2. The van der Waals surface area contributed by atoms with E-state index in [9.17, 15) is 4.79 Å². The molecule has 0 saturated carbocycles. The fourth-order valence-electron chi connectivity index (χ4n) is 2.18. The van der Waals surface area contributed by atoms with Crippen LogP contribution < -0.4 is 5.56 Å². The van der Waals surface area contributed by atoms with Crippen molar-refractivity contribution < 1.29 is 0 Å². The van der Waals surface area contributed by atoms with E-state index in [2.05, 4.69) is 9.97 Å². The Bertz CT molecular complexity index is 781. The molecule has 0 amide bonds.